The zero-order valence-corrected chi connectivity index (χ0v) is 12.5. The molecule has 0 aromatic heterocycles. The van der Waals surface area contributed by atoms with Crippen LogP contribution in [-0.4, -0.2) is 23.8 Å². The molecule has 0 unspecified atom stereocenters. The summed E-state index contributed by atoms with van der Waals surface area (Å²) >= 11 is 0. The number of rotatable bonds is 7. The summed E-state index contributed by atoms with van der Waals surface area (Å²) in [7, 11) is 0. The maximum absolute atomic E-state index is 11.5. The zero-order chi connectivity index (χ0) is 15.0. The maximum atomic E-state index is 11.5. The summed E-state index contributed by atoms with van der Waals surface area (Å²) in [5.41, 5.74) is 2.03. The van der Waals surface area contributed by atoms with Crippen molar-refractivity contribution in [3.8, 4) is 0 Å². The molecule has 20 heavy (non-hydrogen) atoms. The molecule has 0 bridgehead atoms. The fourth-order valence-electron chi connectivity index (χ4n) is 2.02. The molecule has 1 aromatic carbocycles. The van der Waals surface area contributed by atoms with Gasteiger partial charge in [-0.2, -0.15) is 0 Å². The van der Waals surface area contributed by atoms with Crippen molar-refractivity contribution in [2.24, 2.45) is 5.92 Å². The van der Waals surface area contributed by atoms with Crippen molar-refractivity contribution in [2.45, 2.75) is 39.7 Å². The monoisotopic (exact) mass is 276 g/mol. The van der Waals surface area contributed by atoms with Crippen LogP contribution in [0.4, 0.5) is 0 Å². The Labute approximate surface area is 121 Å². The van der Waals surface area contributed by atoms with Crippen LogP contribution in [0.15, 0.2) is 42.0 Å². The van der Waals surface area contributed by atoms with Crippen molar-refractivity contribution in [1.29, 1.82) is 0 Å². The van der Waals surface area contributed by atoms with E-state index in [1.807, 2.05) is 37.3 Å². The lowest BCUT2D eigenvalue weighted by molar-refractivity contribution is -0.145. The summed E-state index contributed by atoms with van der Waals surface area (Å²) < 4.78 is 4.95. The third-order valence-corrected chi connectivity index (χ3v) is 3.25. The largest absolute Gasteiger partial charge is 0.466 e. The van der Waals surface area contributed by atoms with Gasteiger partial charge in [-0.1, -0.05) is 36.4 Å². The highest BCUT2D eigenvalue weighted by Crippen LogP contribution is 2.14. The van der Waals surface area contributed by atoms with Crippen molar-refractivity contribution in [1.82, 2.24) is 0 Å². The third-order valence-electron chi connectivity index (χ3n) is 3.25. The Morgan fingerprint density at radius 3 is 2.60 bits per heavy atom. The number of ether oxygens (including phenoxy) is 1. The molecule has 1 aromatic rings. The molecule has 2 atom stereocenters. The molecular weight excluding hydrogens is 252 g/mol. The average molecular weight is 276 g/mol. The second kappa shape index (κ2) is 8.54. The number of carbonyl (C=O) groups excluding carboxylic acids is 1. The number of carbonyl (C=O) groups is 1. The van der Waals surface area contributed by atoms with E-state index < -0.39 is 6.10 Å². The molecule has 0 aliphatic heterocycles. The molecule has 0 heterocycles. The number of aliphatic hydroxyl groups excluding tert-OH is 1. The molecule has 0 aliphatic carbocycles. The Morgan fingerprint density at radius 2 is 2.00 bits per heavy atom. The second-order valence-electron chi connectivity index (χ2n) is 4.99. The zero-order valence-electron chi connectivity index (χ0n) is 12.5. The van der Waals surface area contributed by atoms with Gasteiger partial charge in [-0.15, -0.1) is 0 Å². The lowest BCUT2D eigenvalue weighted by Gasteiger charge is -2.13. The predicted molar refractivity (Wildman–Crippen MR) is 80.3 cm³/mol. The summed E-state index contributed by atoms with van der Waals surface area (Å²) in [6.45, 7) is 5.80. The van der Waals surface area contributed by atoms with Gasteiger partial charge in [0, 0.05) is 0 Å². The van der Waals surface area contributed by atoms with Gasteiger partial charge in [0.25, 0.3) is 0 Å². The molecule has 1 N–H and O–H groups in total. The van der Waals surface area contributed by atoms with Crippen LogP contribution >= 0.6 is 0 Å². The highest BCUT2D eigenvalue weighted by molar-refractivity contribution is 5.74. The summed E-state index contributed by atoms with van der Waals surface area (Å²) in [6.07, 6.45) is 2.74. The van der Waals surface area contributed by atoms with Crippen LogP contribution in [0.3, 0.4) is 0 Å². The number of hydrogen-bond donors (Lipinski definition) is 1. The third kappa shape index (κ3) is 5.57. The molecule has 1 rings (SSSR count). The maximum Gasteiger partial charge on any atom is 0.312 e. The van der Waals surface area contributed by atoms with E-state index in [1.54, 1.807) is 19.9 Å². The Bertz CT molecular complexity index is 437. The van der Waals surface area contributed by atoms with E-state index in [1.165, 1.54) is 5.56 Å². The minimum Gasteiger partial charge on any atom is -0.466 e. The molecule has 3 nitrogen and oxygen atoms in total. The van der Waals surface area contributed by atoms with Crippen LogP contribution in [0.2, 0.25) is 0 Å². The summed E-state index contributed by atoms with van der Waals surface area (Å²) in [6, 6.07) is 10.1. The SMILES string of the molecule is CCOC(=O)[C@@H](C)/C=C(\C)[C@H](O)CCc1ccccc1. The summed E-state index contributed by atoms with van der Waals surface area (Å²) in [4.78, 5) is 11.5. The van der Waals surface area contributed by atoms with E-state index >= 15 is 0 Å². The van der Waals surface area contributed by atoms with Crippen LogP contribution in [0.25, 0.3) is 0 Å². The number of aryl methyl sites for hydroxylation is 1. The van der Waals surface area contributed by atoms with E-state index in [-0.39, 0.29) is 11.9 Å². The predicted octanol–water partition coefficient (Wildman–Crippen LogP) is 3.13. The average Bonchev–Trinajstić information content (AvgIpc) is 2.45. The molecule has 3 heteroatoms. The number of aliphatic hydroxyl groups is 1. The summed E-state index contributed by atoms with van der Waals surface area (Å²) in [5, 5.41) is 10.1. The summed E-state index contributed by atoms with van der Waals surface area (Å²) in [5.74, 6) is -0.566. The molecule has 0 amide bonds. The molecule has 0 aliphatic rings. The Hall–Kier alpha value is -1.61. The molecule has 0 saturated carbocycles. The molecule has 110 valence electrons. The Balaban J connectivity index is 2.49. The van der Waals surface area contributed by atoms with Gasteiger partial charge in [-0.25, -0.2) is 0 Å². The normalized spacial score (nSPS) is 14.7. The van der Waals surface area contributed by atoms with Crippen molar-refractivity contribution in [2.75, 3.05) is 6.61 Å². The lowest BCUT2D eigenvalue weighted by Crippen LogP contribution is -2.16. The van der Waals surface area contributed by atoms with Gasteiger partial charge in [0.05, 0.1) is 18.6 Å². The quantitative estimate of drug-likeness (QED) is 0.615. The Morgan fingerprint density at radius 1 is 1.35 bits per heavy atom. The van der Waals surface area contributed by atoms with Gasteiger partial charge in [-0.3, -0.25) is 4.79 Å². The first kappa shape index (κ1) is 16.4. The van der Waals surface area contributed by atoms with Crippen molar-refractivity contribution >= 4 is 5.97 Å². The van der Waals surface area contributed by atoms with Gasteiger partial charge in [0.15, 0.2) is 0 Å². The Kier molecular flexibility index (Phi) is 7.02. The van der Waals surface area contributed by atoms with Crippen molar-refractivity contribution < 1.29 is 14.6 Å². The first-order valence-electron chi connectivity index (χ1n) is 7.11. The van der Waals surface area contributed by atoms with Crippen LogP contribution in [0.5, 0.6) is 0 Å². The number of esters is 1. The van der Waals surface area contributed by atoms with E-state index in [0.29, 0.717) is 13.0 Å². The van der Waals surface area contributed by atoms with Crippen molar-refractivity contribution in [3.05, 3.63) is 47.5 Å². The van der Waals surface area contributed by atoms with Crippen LogP contribution in [0.1, 0.15) is 32.8 Å². The molecule has 0 spiro atoms. The standard InChI is InChI=1S/C17H24O3/c1-4-20-17(19)14(3)12-13(2)16(18)11-10-15-8-6-5-7-9-15/h5-9,12,14,16,18H,4,10-11H2,1-3H3/b13-12+/t14-,16+/m0/s1. The highest BCUT2D eigenvalue weighted by atomic mass is 16.5. The minimum absolute atomic E-state index is 0.248. The van der Waals surface area contributed by atoms with Gasteiger partial charge >= 0.3 is 5.97 Å². The van der Waals surface area contributed by atoms with Gasteiger partial charge in [0.2, 0.25) is 0 Å². The van der Waals surface area contributed by atoms with Gasteiger partial charge < -0.3 is 9.84 Å². The van der Waals surface area contributed by atoms with Gasteiger partial charge in [-0.05, 0) is 44.7 Å². The van der Waals surface area contributed by atoms with E-state index in [2.05, 4.69) is 0 Å². The molecule has 0 radical (unpaired) electrons. The van der Waals surface area contributed by atoms with Gasteiger partial charge in [0.1, 0.15) is 0 Å². The van der Waals surface area contributed by atoms with Crippen molar-refractivity contribution in [3.63, 3.8) is 0 Å². The van der Waals surface area contributed by atoms with E-state index in [9.17, 15) is 9.90 Å². The van der Waals surface area contributed by atoms with Crippen LogP contribution in [0, 0.1) is 5.92 Å². The lowest BCUT2D eigenvalue weighted by atomic mass is 9.99. The molecule has 0 saturated heterocycles. The molecular formula is C17H24O3. The topological polar surface area (TPSA) is 46.5 Å². The minimum atomic E-state index is -0.521. The second-order valence-corrected chi connectivity index (χ2v) is 4.99. The smallest absolute Gasteiger partial charge is 0.312 e. The number of hydrogen-bond acceptors (Lipinski definition) is 3. The van der Waals surface area contributed by atoms with E-state index in [4.69, 9.17) is 4.74 Å². The van der Waals surface area contributed by atoms with Crippen LogP contribution < -0.4 is 0 Å². The van der Waals surface area contributed by atoms with E-state index in [0.717, 1.165) is 12.0 Å². The van der Waals surface area contributed by atoms with Crippen LogP contribution in [-0.2, 0) is 16.0 Å². The first-order valence-corrected chi connectivity index (χ1v) is 7.11. The highest BCUT2D eigenvalue weighted by Gasteiger charge is 2.14. The first-order chi connectivity index (χ1) is 9.54. The number of benzene rings is 1. The fourth-order valence-corrected chi connectivity index (χ4v) is 2.02. The molecule has 0 fully saturated rings. The fraction of sp³-hybridized carbons (Fsp3) is 0.471.